The third-order valence-corrected chi connectivity index (χ3v) is 3.55. The van der Waals surface area contributed by atoms with E-state index in [0.29, 0.717) is 12.8 Å². The zero-order valence-electron chi connectivity index (χ0n) is 11.8. The molecule has 1 aliphatic carbocycles. The van der Waals surface area contributed by atoms with Crippen molar-refractivity contribution in [2.45, 2.75) is 25.4 Å². The van der Waals surface area contributed by atoms with E-state index in [0.717, 1.165) is 5.56 Å². The molecule has 1 atom stereocenters. The molecule has 0 radical (unpaired) electrons. The van der Waals surface area contributed by atoms with Crippen molar-refractivity contribution < 1.29 is 22.8 Å². The number of Topliss-reactive ketones (excluding diaryl/α,β-unsaturated/α-hetero) is 2. The molecule has 0 spiro atoms. The Hall–Kier alpha value is -2.17. The lowest BCUT2D eigenvalue weighted by Gasteiger charge is -2.22. The van der Waals surface area contributed by atoms with Gasteiger partial charge in [0.1, 0.15) is 0 Å². The summed E-state index contributed by atoms with van der Waals surface area (Å²) >= 11 is 0. The van der Waals surface area contributed by atoms with E-state index in [-0.39, 0.29) is 12.0 Å². The summed E-state index contributed by atoms with van der Waals surface area (Å²) in [5.74, 6) is -4.22. The van der Waals surface area contributed by atoms with Gasteiger partial charge in [-0.3, -0.25) is 9.59 Å². The van der Waals surface area contributed by atoms with E-state index in [4.69, 9.17) is 0 Å². The number of carbonyl (C=O) groups excluding carboxylic acids is 2. The maximum atomic E-state index is 12.5. The number of allylic oxidation sites excluding steroid dienone is 3. The van der Waals surface area contributed by atoms with Gasteiger partial charge >= 0.3 is 6.18 Å². The predicted molar refractivity (Wildman–Crippen MR) is 77.0 cm³/mol. The van der Waals surface area contributed by atoms with Crippen LogP contribution >= 0.6 is 0 Å². The molecule has 0 amide bonds. The van der Waals surface area contributed by atoms with Crippen molar-refractivity contribution >= 4 is 17.6 Å². The SMILES string of the molecule is O=C1/C(=C\C=C\c2ccccc2)CCCC1C(=O)C(F)(F)F. The van der Waals surface area contributed by atoms with Gasteiger partial charge in [-0.05, 0) is 30.4 Å². The summed E-state index contributed by atoms with van der Waals surface area (Å²) in [5.41, 5.74) is 1.20. The first-order valence-corrected chi connectivity index (χ1v) is 6.97. The van der Waals surface area contributed by atoms with Crippen LogP contribution in [0.4, 0.5) is 13.2 Å². The van der Waals surface area contributed by atoms with Crippen LogP contribution in [0.2, 0.25) is 0 Å². The van der Waals surface area contributed by atoms with Gasteiger partial charge in [0.25, 0.3) is 0 Å². The number of rotatable bonds is 3. The van der Waals surface area contributed by atoms with Crippen LogP contribution in [-0.4, -0.2) is 17.7 Å². The first kappa shape index (κ1) is 16.2. The molecular weight excluding hydrogens is 293 g/mol. The van der Waals surface area contributed by atoms with Crippen molar-refractivity contribution in [3.8, 4) is 0 Å². The Morgan fingerprint density at radius 1 is 1.18 bits per heavy atom. The molecule has 1 saturated carbocycles. The first-order chi connectivity index (χ1) is 10.4. The van der Waals surface area contributed by atoms with Gasteiger partial charge in [0.2, 0.25) is 5.78 Å². The highest BCUT2D eigenvalue weighted by Crippen LogP contribution is 2.31. The standard InChI is InChI=1S/C17H15F3O2/c18-17(19,20)16(22)14-11-5-10-13(15(14)21)9-4-8-12-6-2-1-3-7-12/h1-4,6-9,14H,5,10-11H2/b8-4+,13-9-. The third-order valence-electron chi connectivity index (χ3n) is 3.55. The maximum absolute atomic E-state index is 12.5. The average Bonchev–Trinajstić information content (AvgIpc) is 2.48. The molecule has 0 aliphatic heterocycles. The molecular formula is C17H15F3O2. The van der Waals surface area contributed by atoms with Crippen molar-refractivity contribution in [1.82, 2.24) is 0 Å². The highest BCUT2D eigenvalue weighted by Gasteiger charge is 2.47. The molecule has 2 rings (SSSR count). The van der Waals surface area contributed by atoms with Crippen LogP contribution < -0.4 is 0 Å². The van der Waals surface area contributed by atoms with Crippen LogP contribution in [0.5, 0.6) is 0 Å². The molecule has 116 valence electrons. The van der Waals surface area contributed by atoms with Crippen molar-refractivity contribution in [2.24, 2.45) is 5.92 Å². The third kappa shape index (κ3) is 3.93. The normalized spacial score (nSPS) is 21.5. The minimum Gasteiger partial charge on any atom is -0.294 e. The zero-order valence-corrected chi connectivity index (χ0v) is 11.8. The van der Waals surface area contributed by atoms with Gasteiger partial charge in [-0.2, -0.15) is 13.2 Å². The van der Waals surface area contributed by atoms with Crippen LogP contribution in [0, 0.1) is 5.92 Å². The van der Waals surface area contributed by atoms with Crippen LogP contribution in [0.25, 0.3) is 6.08 Å². The second-order valence-electron chi connectivity index (χ2n) is 5.13. The molecule has 1 fully saturated rings. The van der Waals surface area contributed by atoms with E-state index in [9.17, 15) is 22.8 Å². The lowest BCUT2D eigenvalue weighted by atomic mass is 9.81. The van der Waals surface area contributed by atoms with Crippen LogP contribution in [0.1, 0.15) is 24.8 Å². The Morgan fingerprint density at radius 2 is 1.86 bits per heavy atom. The molecule has 0 heterocycles. The van der Waals surface area contributed by atoms with Gasteiger partial charge in [-0.25, -0.2) is 0 Å². The summed E-state index contributed by atoms with van der Waals surface area (Å²) in [7, 11) is 0. The summed E-state index contributed by atoms with van der Waals surface area (Å²) in [6, 6.07) is 9.32. The Bertz CT molecular complexity index is 613. The minimum absolute atomic E-state index is 0.0308. The number of ketones is 2. The molecule has 0 saturated heterocycles. The zero-order chi connectivity index (χ0) is 16.2. The monoisotopic (exact) mass is 308 g/mol. The van der Waals surface area contributed by atoms with E-state index in [2.05, 4.69) is 0 Å². The van der Waals surface area contributed by atoms with Gasteiger partial charge < -0.3 is 0 Å². The number of benzene rings is 1. The summed E-state index contributed by atoms with van der Waals surface area (Å²) in [4.78, 5) is 23.3. The summed E-state index contributed by atoms with van der Waals surface area (Å²) < 4.78 is 37.4. The molecule has 22 heavy (non-hydrogen) atoms. The Kier molecular flexibility index (Phi) is 4.96. The minimum atomic E-state index is -4.96. The topological polar surface area (TPSA) is 34.1 Å². The fourth-order valence-electron chi connectivity index (χ4n) is 2.43. The smallest absolute Gasteiger partial charge is 0.294 e. The number of hydrogen-bond acceptors (Lipinski definition) is 2. The molecule has 5 heteroatoms. The van der Waals surface area contributed by atoms with Crippen molar-refractivity contribution in [1.29, 1.82) is 0 Å². The Balaban J connectivity index is 2.11. The predicted octanol–water partition coefficient (Wildman–Crippen LogP) is 4.13. The van der Waals surface area contributed by atoms with E-state index < -0.39 is 23.7 Å². The van der Waals surface area contributed by atoms with Gasteiger partial charge in [0.15, 0.2) is 5.78 Å². The summed E-state index contributed by atoms with van der Waals surface area (Å²) in [5, 5.41) is 0. The van der Waals surface area contributed by atoms with E-state index in [1.165, 1.54) is 6.08 Å². The molecule has 0 aromatic heterocycles. The van der Waals surface area contributed by atoms with Gasteiger partial charge in [0, 0.05) is 0 Å². The van der Waals surface area contributed by atoms with E-state index >= 15 is 0 Å². The van der Waals surface area contributed by atoms with E-state index in [1.54, 1.807) is 12.2 Å². The quantitative estimate of drug-likeness (QED) is 0.621. The molecule has 1 aromatic rings. The molecule has 1 aromatic carbocycles. The number of alkyl halides is 3. The van der Waals surface area contributed by atoms with Gasteiger partial charge in [0.05, 0.1) is 5.92 Å². The summed E-state index contributed by atoms with van der Waals surface area (Å²) in [6.07, 6.45) is 0.714. The maximum Gasteiger partial charge on any atom is 0.450 e. The second-order valence-corrected chi connectivity index (χ2v) is 5.13. The molecule has 1 aliphatic rings. The molecule has 0 bridgehead atoms. The highest BCUT2D eigenvalue weighted by atomic mass is 19.4. The lowest BCUT2D eigenvalue weighted by Crippen LogP contribution is -2.37. The average molecular weight is 308 g/mol. The summed E-state index contributed by atoms with van der Waals surface area (Å²) in [6.45, 7) is 0. The van der Waals surface area contributed by atoms with Crippen LogP contribution in [0.3, 0.4) is 0 Å². The number of hydrogen-bond donors (Lipinski definition) is 0. The molecule has 0 N–H and O–H groups in total. The Labute approximate surface area is 126 Å². The molecule has 2 nitrogen and oxygen atoms in total. The lowest BCUT2D eigenvalue weighted by molar-refractivity contribution is -0.177. The van der Waals surface area contributed by atoms with Crippen molar-refractivity contribution in [2.75, 3.05) is 0 Å². The van der Waals surface area contributed by atoms with Crippen molar-refractivity contribution in [3.05, 3.63) is 53.6 Å². The van der Waals surface area contributed by atoms with Gasteiger partial charge in [-0.15, -0.1) is 0 Å². The largest absolute Gasteiger partial charge is 0.450 e. The van der Waals surface area contributed by atoms with Crippen molar-refractivity contribution in [3.63, 3.8) is 0 Å². The highest BCUT2D eigenvalue weighted by molar-refractivity contribution is 6.12. The van der Waals surface area contributed by atoms with Crippen LogP contribution in [0.15, 0.2) is 48.1 Å². The van der Waals surface area contributed by atoms with Gasteiger partial charge in [-0.1, -0.05) is 48.6 Å². The number of carbonyl (C=O) groups is 2. The number of halogens is 3. The van der Waals surface area contributed by atoms with E-state index in [1.807, 2.05) is 30.3 Å². The fraction of sp³-hybridized carbons (Fsp3) is 0.294. The second kappa shape index (κ2) is 6.73. The van der Waals surface area contributed by atoms with Crippen LogP contribution in [-0.2, 0) is 9.59 Å². The first-order valence-electron chi connectivity index (χ1n) is 6.97. The molecule has 1 unspecified atom stereocenters. The fourth-order valence-corrected chi connectivity index (χ4v) is 2.43. The Morgan fingerprint density at radius 3 is 2.50 bits per heavy atom.